The van der Waals surface area contributed by atoms with Crippen LogP contribution in [0, 0.1) is 0 Å². The minimum Gasteiger partial charge on any atom is -0.370 e. The molecular weight excluding hydrogens is 468 g/mol. The van der Waals surface area contributed by atoms with Crippen LogP contribution in [0.5, 0.6) is 0 Å². The molecule has 3 aromatic rings. The number of benzene rings is 1. The first-order chi connectivity index (χ1) is 18.0. The lowest BCUT2D eigenvalue weighted by Gasteiger charge is -2.34. The Kier molecular flexibility index (Phi) is 8.98. The predicted molar refractivity (Wildman–Crippen MR) is 144 cm³/mol. The van der Waals surface area contributed by atoms with Gasteiger partial charge in [0.1, 0.15) is 5.82 Å². The Morgan fingerprint density at radius 2 is 1.92 bits per heavy atom. The fourth-order valence-corrected chi connectivity index (χ4v) is 4.02. The molecule has 4 rings (SSSR count). The highest BCUT2D eigenvalue weighted by molar-refractivity contribution is 5.86. The van der Waals surface area contributed by atoms with Gasteiger partial charge in [0.05, 0.1) is 18.8 Å². The van der Waals surface area contributed by atoms with Crippen molar-refractivity contribution in [3.63, 3.8) is 0 Å². The van der Waals surface area contributed by atoms with Crippen LogP contribution in [0.15, 0.2) is 60.9 Å². The number of amides is 2. The van der Waals surface area contributed by atoms with Gasteiger partial charge in [-0.25, -0.2) is 15.0 Å². The standard InChI is InChI=1S/C27H34N8O2/c1-3-34-16-17-35(26(37)19-34)20-25(36)33(2)15-7-13-28-24-11-10-21(18-30-24)23-12-14-29-27(32-23)31-22-8-5-4-6-9-22/h4-6,8-12,14,18H,3,7,13,15-17,19-20H2,1-2H3,(H,28,30)(H,29,31,32). The Morgan fingerprint density at radius 3 is 2.65 bits per heavy atom. The van der Waals surface area contributed by atoms with Crippen LogP contribution in [0.25, 0.3) is 11.3 Å². The van der Waals surface area contributed by atoms with Crippen molar-refractivity contribution >= 4 is 29.3 Å². The van der Waals surface area contributed by atoms with Crippen LogP contribution >= 0.6 is 0 Å². The SMILES string of the molecule is CCN1CCN(CC(=O)N(C)CCCNc2ccc(-c3ccnc(Nc4ccccc4)n3)cn2)C(=O)C1. The van der Waals surface area contributed by atoms with Crippen molar-refractivity contribution in [2.45, 2.75) is 13.3 Å². The molecule has 0 radical (unpaired) electrons. The summed E-state index contributed by atoms with van der Waals surface area (Å²) in [5, 5.41) is 6.50. The molecule has 1 saturated heterocycles. The van der Waals surface area contributed by atoms with Crippen LogP contribution in [-0.4, -0.2) is 94.3 Å². The van der Waals surface area contributed by atoms with Crippen LogP contribution in [-0.2, 0) is 9.59 Å². The van der Waals surface area contributed by atoms with E-state index in [1.54, 1.807) is 29.2 Å². The Bertz CT molecular complexity index is 1170. The Balaban J connectivity index is 1.20. The smallest absolute Gasteiger partial charge is 0.241 e. The van der Waals surface area contributed by atoms with E-state index in [1.165, 1.54) is 0 Å². The number of nitrogens with one attached hydrogen (secondary N) is 2. The first kappa shape index (κ1) is 26.0. The molecular formula is C27H34N8O2. The fraction of sp³-hybridized carbons (Fsp3) is 0.370. The molecule has 10 nitrogen and oxygen atoms in total. The highest BCUT2D eigenvalue weighted by Crippen LogP contribution is 2.20. The van der Waals surface area contributed by atoms with Gasteiger partial charge in [-0.2, -0.15) is 0 Å². The number of rotatable bonds is 11. The van der Waals surface area contributed by atoms with Crippen molar-refractivity contribution in [3.8, 4) is 11.3 Å². The maximum absolute atomic E-state index is 12.5. The summed E-state index contributed by atoms with van der Waals surface area (Å²) in [6, 6.07) is 15.5. The molecule has 10 heteroatoms. The molecule has 0 bridgehead atoms. The van der Waals surface area contributed by atoms with Crippen molar-refractivity contribution in [3.05, 3.63) is 60.9 Å². The molecule has 2 aromatic heterocycles. The van der Waals surface area contributed by atoms with Crippen molar-refractivity contribution in [2.24, 2.45) is 0 Å². The summed E-state index contributed by atoms with van der Waals surface area (Å²) in [5.74, 6) is 1.27. The van der Waals surface area contributed by atoms with Crippen LogP contribution in [0.4, 0.5) is 17.5 Å². The number of para-hydroxylation sites is 1. The number of aromatic nitrogens is 3. The van der Waals surface area contributed by atoms with E-state index in [0.29, 0.717) is 32.1 Å². The number of nitrogens with zero attached hydrogens (tertiary/aromatic N) is 6. The van der Waals surface area contributed by atoms with E-state index < -0.39 is 0 Å². The van der Waals surface area contributed by atoms with Crippen LogP contribution < -0.4 is 10.6 Å². The maximum atomic E-state index is 12.5. The first-order valence-electron chi connectivity index (χ1n) is 12.6. The summed E-state index contributed by atoms with van der Waals surface area (Å²) < 4.78 is 0. The van der Waals surface area contributed by atoms with E-state index in [-0.39, 0.29) is 18.4 Å². The van der Waals surface area contributed by atoms with Crippen LogP contribution in [0.1, 0.15) is 13.3 Å². The second-order valence-electron chi connectivity index (χ2n) is 8.97. The van der Waals surface area contributed by atoms with Gasteiger partial charge >= 0.3 is 0 Å². The number of carbonyl (C=O) groups excluding carboxylic acids is 2. The number of carbonyl (C=O) groups is 2. The molecule has 0 aliphatic carbocycles. The van der Waals surface area contributed by atoms with Gasteiger partial charge < -0.3 is 20.4 Å². The number of hydrogen-bond acceptors (Lipinski definition) is 8. The van der Waals surface area contributed by atoms with E-state index in [9.17, 15) is 9.59 Å². The number of hydrogen-bond donors (Lipinski definition) is 2. The third-order valence-electron chi connectivity index (χ3n) is 6.32. The lowest BCUT2D eigenvalue weighted by atomic mass is 10.2. The zero-order valence-electron chi connectivity index (χ0n) is 21.4. The minimum atomic E-state index is -0.0354. The number of piperazine rings is 1. The normalized spacial score (nSPS) is 13.9. The van der Waals surface area contributed by atoms with Gasteiger partial charge in [-0.3, -0.25) is 14.5 Å². The molecule has 2 amide bonds. The molecule has 194 valence electrons. The molecule has 1 aromatic carbocycles. The monoisotopic (exact) mass is 502 g/mol. The zero-order valence-corrected chi connectivity index (χ0v) is 21.4. The molecule has 1 aliphatic heterocycles. The summed E-state index contributed by atoms with van der Waals surface area (Å²) in [7, 11) is 1.78. The fourth-order valence-electron chi connectivity index (χ4n) is 4.02. The summed E-state index contributed by atoms with van der Waals surface area (Å²) >= 11 is 0. The predicted octanol–water partition coefficient (Wildman–Crippen LogP) is 2.71. The second-order valence-corrected chi connectivity index (χ2v) is 8.97. The van der Waals surface area contributed by atoms with Gasteiger partial charge in [0, 0.05) is 56.9 Å². The third-order valence-corrected chi connectivity index (χ3v) is 6.32. The van der Waals surface area contributed by atoms with Crippen molar-refractivity contribution < 1.29 is 9.59 Å². The lowest BCUT2D eigenvalue weighted by molar-refractivity contribution is -0.143. The molecule has 0 atom stereocenters. The highest BCUT2D eigenvalue weighted by atomic mass is 16.2. The zero-order chi connectivity index (χ0) is 26.0. The van der Waals surface area contributed by atoms with E-state index in [0.717, 1.165) is 42.3 Å². The molecule has 0 saturated carbocycles. The van der Waals surface area contributed by atoms with Gasteiger partial charge in [0.25, 0.3) is 0 Å². The van der Waals surface area contributed by atoms with Crippen LogP contribution in [0.3, 0.4) is 0 Å². The largest absolute Gasteiger partial charge is 0.370 e. The summed E-state index contributed by atoms with van der Waals surface area (Å²) in [6.45, 7) is 6.14. The molecule has 1 aliphatic rings. The molecule has 3 heterocycles. The number of likely N-dealkylation sites (N-methyl/N-ethyl adjacent to an activating group) is 2. The average molecular weight is 503 g/mol. The average Bonchev–Trinajstić information content (AvgIpc) is 2.93. The molecule has 0 unspecified atom stereocenters. The minimum absolute atomic E-state index is 0.0247. The number of anilines is 3. The summed E-state index contributed by atoms with van der Waals surface area (Å²) in [4.78, 5) is 43.6. The molecule has 37 heavy (non-hydrogen) atoms. The van der Waals surface area contributed by atoms with Gasteiger partial charge in [0.2, 0.25) is 17.8 Å². The summed E-state index contributed by atoms with van der Waals surface area (Å²) in [5.41, 5.74) is 2.60. The Labute approximate surface area is 217 Å². The van der Waals surface area contributed by atoms with Crippen molar-refractivity contribution in [2.75, 3.05) is 63.5 Å². The van der Waals surface area contributed by atoms with E-state index in [1.807, 2.05) is 55.5 Å². The van der Waals surface area contributed by atoms with Gasteiger partial charge in [-0.15, -0.1) is 0 Å². The van der Waals surface area contributed by atoms with Crippen LogP contribution in [0.2, 0.25) is 0 Å². The maximum Gasteiger partial charge on any atom is 0.241 e. The first-order valence-corrected chi connectivity index (χ1v) is 12.6. The molecule has 2 N–H and O–H groups in total. The highest BCUT2D eigenvalue weighted by Gasteiger charge is 2.25. The van der Waals surface area contributed by atoms with Gasteiger partial charge in [-0.1, -0.05) is 25.1 Å². The summed E-state index contributed by atoms with van der Waals surface area (Å²) in [6.07, 6.45) is 4.27. The van der Waals surface area contributed by atoms with Crippen molar-refractivity contribution in [1.82, 2.24) is 29.7 Å². The molecule has 0 spiro atoms. The quantitative estimate of drug-likeness (QED) is 0.386. The Hall–Kier alpha value is -4.05. The molecule has 1 fully saturated rings. The third kappa shape index (κ3) is 7.47. The van der Waals surface area contributed by atoms with Gasteiger partial charge in [-0.05, 0) is 43.3 Å². The lowest BCUT2D eigenvalue weighted by Crippen LogP contribution is -2.53. The van der Waals surface area contributed by atoms with E-state index in [2.05, 4.69) is 30.5 Å². The topological polar surface area (TPSA) is 107 Å². The number of pyridine rings is 1. The van der Waals surface area contributed by atoms with Gasteiger partial charge in [0.15, 0.2) is 0 Å². The van der Waals surface area contributed by atoms with E-state index in [4.69, 9.17) is 0 Å². The van der Waals surface area contributed by atoms with E-state index >= 15 is 0 Å². The second kappa shape index (κ2) is 12.8. The Morgan fingerprint density at radius 1 is 1.08 bits per heavy atom. The van der Waals surface area contributed by atoms with Crippen molar-refractivity contribution in [1.29, 1.82) is 0 Å².